The second kappa shape index (κ2) is 10.6. The third kappa shape index (κ3) is 5.53. The minimum atomic E-state index is -4.56. The lowest BCUT2D eigenvalue weighted by Gasteiger charge is -2.35. The number of alkyl halides is 3. The molecule has 2 saturated heterocycles. The first-order chi connectivity index (χ1) is 19.7. The van der Waals surface area contributed by atoms with Gasteiger partial charge in [-0.25, -0.2) is 14.4 Å². The zero-order chi connectivity index (χ0) is 28.7. The Morgan fingerprint density at radius 3 is 2.66 bits per heavy atom. The van der Waals surface area contributed by atoms with Crippen molar-refractivity contribution in [2.24, 2.45) is 0 Å². The van der Waals surface area contributed by atoms with Crippen molar-refractivity contribution < 1.29 is 22.4 Å². The molecule has 1 amide bonds. The number of hydrogen-bond acceptors (Lipinski definition) is 5. The molecule has 2 atom stereocenters. The molecule has 2 aliphatic rings. The average molecular weight is 563 g/mol. The molecule has 4 aromatic rings. The van der Waals surface area contributed by atoms with E-state index in [4.69, 9.17) is 0 Å². The Bertz CT molecular complexity index is 1690. The SMILES string of the molecule is Cc1ccc(C(=O)Nc2ccc(CN3C4CCC3CNC4)c(C(F)(F)F)c2)cc1C#Cc1cnc2[nH]cc(F)c2n1. The quantitative estimate of drug-likeness (QED) is 0.241. The van der Waals surface area contributed by atoms with Gasteiger partial charge in [0.15, 0.2) is 11.5 Å². The number of piperazine rings is 1. The van der Waals surface area contributed by atoms with E-state index < -0.39 is 23.5 Å². The molecule has 2 aromatic heterocycles. The summed E-state index contributed by atoms with van der Waals surface area (Å²) in [5.74, 6) is 4.66. The van der Waals surface area contributed by atoms with Gasteiger partial charge in [-0.05, 0) is 61.1 Å². The number of carbonyl (C=O) groups excluding carboxylic acids is 1. The van der Waals surface area contributed by atoms with E-state index in [1.54, 1.807) is 18.2 Å². The lowest BCUT2D eigenvalue weighted by Crippen LogP contribution is -2.51. The van der Waals surface area contributed by atoms with Gasteiger partial charge in [0.2, 0.25) is 0 Å². The molecule has 6 rings (SSSR count). The molecule has 7 nitrogen and oxygen atoms in total. The fourth-order valence-corrected chi connectivity index (χ4v) is 5.53. The summed E-state index contributed by atoms with van der Waals surface area (Å²) in [4.78, 5) is 26.1. The van der Waals surface area contributed by atoms with E-state index in [1.807, 2.05) is 6.92 Å². The molecule has 3 N–H and O–H groups in total. The van der Waals surface area contributed by atoms with Crippen LogP contribution < -0.4 is 10.6 Å². The number of fused-ring (bicyclic) bond motifs is 3. The highest BCUT2D eigenvalue weighted by Crippen LogP contribution is 2.37. The van der Waals surface area contributed by atoms with Crippen molar-refractivity contribution in [3.05, 3.63) is 88.1 Å². The third-order valence-electron chi connectivity index (χ3n) is 7.72. The van der Waals surface area contributed by atoms with Crippen molar-refractivity contribution in [3.63, 3.8) is 0 Å². The monoisotopic (exact) mass is 562 g/mol. The molecule has 4 heterocycles. The van der Waals surface area contributed by atoms with Crippen LogP contribution in [0.4, 0.5) is 23.2 Å². The van der Waals surface area contributed by atoms with Crippen molar-refractivity contribution in [2.45, 2.75) is 44.6 Å². The summed E-state index contributed by atoms with van der Waals surface area (Å²) in [7, 11) is 0. The Labute approximate surface area is 233 Å². The Kier molecular flexibility index (Phi) is 6.97. The minimum absolute atomic E-state index is 0.0553. The molecule has 2 aromatic carbocycles. The topological polar surface area (TPSA) is 85.9 Å². The largest absolute Gasteiger partial charge is 0.416 e. The number of benzene rings is 2. The number of carbonyl (C=O) groups is 1. The van der Waals surface area contributed by atoms with Crippen LogP contribution in [0, 0.1) is 24.6 Å². The lowest BCUT2D eigenvalue weighted by molar-refractivity contribution is -0.138. The molecule has 2 fully saturated rings. The molecule has 0 radical (unpaired) electrons. The second-order valence-corrected chi connectivity index (χ2v) is 10.4. The maximum Gasteiger partial charge on any atom is 0.416 e. The molecule has 0 aliphatic carbocycles. The van der Waals surface area contributed by atoms with Crippen molar-refractivity contribution in [1.29, 1.82) is 0 Å². The van der Waals surface area contributed by atoms with Crippen LogP contribution in [-0.4, -0.2) is 50.9 Å². The highest BCUT2D eigenvalue weighted by atomic mass is 19.4. The number of aryl methyl sites for hydroxylation is 1. The molecular weight excluding hydrogens is 536 g/mol. The summed E-state index contributed by atoms with van der Waals surface area (Å²) >= 11 is 0. The van der Waals surface area contributed by atoms with Gasteiger partial charge >= 0.3 is 6.18 Å². The summed E-state index contributed by atoms with van der Waals surface area (Å²) in [6, 6.07) is 9.27. The third-order valence-corrected chi connectivity index (χ3v) is 7.72. The van der Waals surface area contributed by atoms with Crippen LogP contribution >= 0.6 is 0 Å². The van der Waals surface area contributed by atoms with Crippen LogP contribution in [0.2, 0.25) is 0 Å². The number of rotatable bonds is 4. The molecule has 0 spiro atoms. The maximum absolute atomic E-state index is 14.1. The number of nitrogens with zero attached hydrogens (tertiary/aromatic N) is 3. The summed E-state index contributed by atoms with van der Waals surface area (Å²) in [5, 5.41) is 5.94. The molecule has 2 aliphatic heterocycles. The minimum Gasteiger partial charge on any atom is -0.342 e. The molecule has 0 saturated carbocycles. The van der Waals surface area contributed by atoms with Crippen molar-refractivity contribution in [2.75, 3.05) is 18.4 Å². The van der Waals surface area contributed by atoms with E-state index in [1.165, 1.54) is 18.3 Å². The molecular formula is C30H26F4N6O. The lowest BCUT2D eigenvalue weighted by atomic mass is 10.0. The number of hydrogen-bond donors (Lipinski definition) is 3. The van der Waals surface area contributed by atoms with Crippen molar-refractivity contribution in [1.82, 2.24) is 25.2 Å². The van der Waals surface area contributed by atoms with Crippen molar-refractivity contribution in [3.8, 4) is 11.8 Å². The van der Waals surface area contributed by atoms with E-state index >= 15 is 0 Å². The Morgan fingerprint density at radius 2 is 1.90 bits per heavy atom. The van der Waals surface area contributed by atoms with Crippen LogP contribution in [0.3, 0.4) is 0 Å². The van der Waals surface area contributed by atoms with Gasteiger partial charge < -0.3 is 15.6 Å². The summed E-state index contributed by atoms with van der Waals surface area (Å²) in [6.45, 7) is 3.59. The standard InChI is InChI=1S/C30H26F4N6O/c1-17-2-3-19(10-18(17)4-7-22-12-36-28-27(38-22)26(31)15-37-28)29(41)39-21-6-5-20(25(11-21)30(32,33)34)16-40-23-8-9-24(40)14-35-13-23/h2-3,5-6,10-12,15,23-24,35H,8-9,13-14,16H2,1H3,(H,36,37)(H,39,41). The van der Waals surface area contributed by atoms with Gasteiger partial charge in [0, 0.05) is 54.7 Å². The number of amides is 1. The van der Waals surface area contributed by atoms with Crippen LogP contribution in [0.1, 0.15) is 51.1 Å². The number of nitrogens with one attached hydrogen (secondary N) is 3. The van der Waals surface area contributed by atoms with Gasteiger partial charge in [-0.15, -0.1) is 0 Å². The fraction of sp³-hybridized carbons (Fsp3) is 0.300. The number of aromatic nitrogens is 3. The van der Waals surface area contributed by atoms with E-state index in [-0.39, 0.29) is 46.7 Å². The van der Waals surface area contributed by atoms with Crippen LogP contribution in [0.15, 0.2) is 48.8 Å². The van der Waals surface area contributed by atoms with Crippen LogP contribution in [0.5, 0.6) is 0 Å². The van der Waals surface area contributed by atoms with Crippen LogP contribution in [0.25, 0.3) is 11.2 Å². The molecule has 41 heavy (non-hydrogen) atoms. The fourth-order valence-electron chi connectivity index (χ4n) is 5.53. The first kappa shape index (κ1) is 26.9. The van der Waals surface area contributed by atoms with E-state index in [0.717, 1.165) is 43.8 Å². The Hall–Kier alpha value is -4.27. The van der Waals surface area contributed by atoms with Crippen LogP contribution in [-0.2, 0) is 12.7 Å². The number of aromatic amines is 1. The number of anilines is 1. The van der Waals surface area contributed by atoms with Gasteiger partial charge in [-0.3, -0.25) is 9.69 Å². The summed E-state index contributed by atoms with van der Waals surface area (Å²) in [5.41, 5.74) is 1.66. The van der Waals surface area contributed by atoms with E-state index in [2.05, 4.69) is 42.3 Å². The van der Waals surface area contributed by atoms with E-state index in [0.29, 0.717) is 11.2 Å². The summed E-state index contributed by atoms with van der Waals surface area (Å²) in [6.07, 6.45) is -0.0411. The van der Waals surface area contributed by atoms with Gasteiger partial charge in [0.1, 0.15) is 11.2 Å². The molecule has 210 valence electrons. The summed E-state index contributed by atoms with van der Waals surface area (Å²) < 4.78 is 56.1. The molecule has 2 bridgehead atoms. The second-order valence-electron chi connectivity index (χ2n) is 10.4. The van der Waals surface area contributed by atoms with Crippen molar-refractivity contribution >= 4 is 22.8 Å². The number of halogens is 4. The highest BCUT2D eigenvalue weighted by Gasteiger charge is 2.39. The first-order valence-corrected chi connectivity index (χ1v) is 13.3. The maximum atomic E-state index is 14.1. The zero-order valence-electron chi connectivity index (χ0n) is 22.1. The zero-order valence-corrected chi connectivity index (χ0v) is 22.1. The van der Waals surface area contributed by atoms with E-state index in [9.17, 15) is 22.4 Å². The Morgan fingerprint density at radius 1 is 1.12 bits per heavy atom. The van der Waals surface area contributed by atoms with Gasteiger partial charge in [0.25, 0.3) is 5.91 Å². The smallest absolute Gasteiger partial charge is 0.342 e. The highest BCUT2D eigenvalue weighted by molar-refractivity contribution is 6.04. The normalized spacial score (nSPS) is 18.8. The Balaban J connectivity index is 1.22. The van der Waals surface area contributed by atoms with Gasteiger partial charge in [0.05, 0.1) is 11.8 Å². The predicted molar refractivity (Wildman–Crippen MR) is 146 cm³/mol. The van der Waals surface area contributed by atoms with Gasteiger partial charge in [-0.1, -0.05) is 18.1 Å². The predicted octanol–water partition coefficient (Wildman–Crippen LogP) is 5.01. The first-order valence-electron chi connectivity index (χ1n) is 13.3. The van der Waals surface area contributed by atoms with Gasteiger partial charge in [-0.2, -0.15) is 13.2 Å². The number of H-pyrrole nitrogens is 1. The average Bonchev–Trinajstić information content (AvgIpc) is 3.40. The molecule has 11 heteroatoms. The molecule has 2 unspecified atom stereocenters.